The summed E-state index contributed by atoms with van der Waals surface area (Å²) in [5.74, 6) is -0.335. The first-order valence-electron chi connectivity index (χ1n) is 9.19. The first-order valence-corrected chi connectivity index (χ1v) is 11.5. The zero-order chi connectivity index (χ0) is 19.6. The van der Waals surface area contributed by atoms with Crippen LogP contribution in [-0.2, 0) is 22.9 Å². The second kappa shape index (κ2) is 8.08. The van der Waals surface area contributed by atoms with Crippen molar-refractivity contribution < 1.29 is 13.2 Å². The topological polar surface area (TPSA) is 88.2 Å². The van der Waals surface area contributed by atoms with Crippen molar-refractivity contribution in [2.24, 2.45) is 0 Å². The number of sulfonamides is 1. The van der Waals surface area contributed by atoms with Gasteiger partial charge in [0, 0.05) is 16.5 Å². The summed E-state index contributed by atoms with van der Waals surface area (Å²) >= 11 is 1.52. The quantitative estimate of drug-likeness (QED) is 0.741. The van der Waals surface area contributed by atoms with Crippen LogP contribution in [0.1, 0.15) is 59.6 Å². The maximum Gasteiger partial charge on any atom is 0.257 e. The molecule has 0 spiro atoms. The number of aryl methyl sites for hydroxylation is 3. The summed E-state index contributed by atoms with van der Waals surface area (Å²) in [7, 11) is -3.65. The molecule has 1 heterocycles. The van der Waals surface area contributed by atoms with E-state index in [-0.39, 0.29) is 16.8 Å². The van der Waals surface area contributed by atoms with Gasteiger partial charge in [-0.25, -0.2) is 18.1 Å². The predicted molar refractivity (Wildman–Crippen MR) is 108 cm³/mol. The fourth-order valence-corrected chi connectivity index (χ4v) is 5.46. The van der Waals surface area contributed by atoms with Gasteiger partial charge in [-0.1, -0.05) is 12.5 Å². The van der Waals surface area contributed by atoms with Gasteiger partial charge in [-0.15, -0.1) is 11.3 Å². The molecule has 1 aliphatic carbocycles. The van der Waals surface area contributed by atoms with Crippen LogP contribution in [0, 0.1) is 6.92 Å². The molecule has 0 bridgehead atoms. The third kappa shape index (κ3) is 4.75. The smallest absolute Gasteiger partial charge is 0.257 e. The summed E-state index contributed by atoms with van der Waals surface area (Å²) in [5.41, 5.74) is 2.14. The van der Waals surface area contributed by atoms with Crippen LogP contribution in [0.3, 0.4) is 0 Å². The average Bonchev–Trinajstić information content (AvgIpc) is 2.82. The highest BCUT2D eigenvalue weighted by Crippen LogP contribution is 2.29. The minimum absolute atomic E-state index is 0.0851. The monoisotopic (exact) mass is 407 g/mol. The summed E-state index contributed by atoms with van der Waals surface area (Å²) in [4.78, 5) is 18.7. The van der Waals surface area contributed by atoms with E-state index in [1.165, 1.54) is 34.8 Å². The zero-order valence-electron chi connectivity index (χ0n) is 15.8. The van der Waals surface area contributed by atoms with Crippen molar-refractivity contribution >= 4 is 32.4 Å². The number of amides is 1. The van der Waals surface area contributed by atoms with Crippen molar-refractivity contribution in [3.63, 3.8) is 0 Å². The number of hydrogen-bond donors (Lipinski definition) is 2. The van der Waals surface area contributed by atoms with Crippen LogP contribution in [0.2, 0.25) is 0 Å². The third-order valence-electron chi connectivity index (χ3n) is 4.47. The van der Waals surface area contributed by atoms with E-state index in [0.717, 1.165) is 31.4 Å². The number of aromatic nitrogens is 1. The highest BCUT2D eigenvalue weighted by Gasteiger charge is 2.20. The van der Waals surface area contributed by atoms with Gasteiger partial charge in [-0.2, -0.15) is 0 Å². The molecule has 0 saturated heterocycles. The standard InChI is InChI=1S/C19H25N3O3S2/c1-12(2)22-27(24,25)14-10-9-13(3)15(11-14)18(23)21-19-20-16-7-5-4-6-8-17(16)26-19/h9-12,22H,4-8H2,1-3H3,(H,20,21,23). The zero-order valence-corrected chi connectivity index (χ0v) is 17.5. The molecule has 2 aromatic rings. The van der Waals surface area contributed by atoms with E-state index < -0.39 is 10.0 Å². The van der Waals surface area contributed by atoms with Crippen LogP contribution < -0.4 is 10.0 Å². The van der Waals surface area contributed by atoms with Gasteiger partial charge in [-0.05, 0) is 64.2 Å². The number of anilines is 1. The van der Waals surface area contributed by atoms with E-state index in [9.17, 15) is 13.2 Å². The van der Waals surface area contributed by atoms with Gasteiger partial charge in [0.15, 0.2) is 5.13 Å². The Hall–Kier alpha value is -1.77. The Morgan fingerprint density at radius 1 is 1.19 bits per heavy atom. The molecule has 8 heteroatoms. The maximum atomic E-state index is 12.8. The molecule has 2 N–H and O–H groups in total. The molecule has 0 radical (unpaired) electrons. The van der Waals surface area contributed by atoms with Gasteiger partial charge < -0.3 is 0 Å². The van der Waals surface area contributed by atoms with Gasteiger partial charge in [0.1, 0.15) is 0 Å². The van der Waals surface area contributed by atoms with E-state index in [2.05, 4.69) is 15.0 Å². The first-order chi connectivity index (χ1) is 12.8. The van der Waals surface area contributed by atoms with Crippen LogP contribution in [0.15, 0.2) is 23.1 Å². The number of hydrogen-bond acceptors (Lipinski definition) is 5. The number of fused-ring (bicyclic) bond motifs is 1. The lowest BCUT2D eigenvalue weighted by Crippen LogP contribution is -2.30. The molecule has 146 valence electrons. The number of nitrogens with zero attached hydrogens (tertiary/aromatic N) is 1. The van der Waals surface area contributed by atoms with Crippen molar-refractivity contribution in [1.29, 1.82) is 0 Å². The molecular weight excluding hydrogens is 382 g/mol. The number of benzene rings is 1. The normalized spacial score (nSPS) is 14.7. The predicted octanol–water partition coefficient (Wildman–Crippen LogP) is 3.66. The van der Waals surface area contributed by atoms with Gasteiger partial charge in [-0.3, -0.25) is 10.1 Å². The second-order valence-electron chi connectivity index (χ2n) is 7.16. The number of carbonyl (C=O) groups excluding carboxylic acids is 1. The van der Waals surface area contributed by atoms with E-state index in [0.29, 0.717) is 16.3 Å². The van der Waals surface area contributed by atoms with Crippen molar-refractivity contribution in [2.45, 2.75) is 63.8 Å². The van der Waals surface area contributed by atoms with E-state index >= 15 is 0 Å². The summed E-state index contributed by atoms with van der Waals surface area (Å²) in [5, 5.41) is 3.43. The summed E-state index contributed by atoms with van der Waals surface area (Å²) in [6, 6.07) is 4.37. The summed E-state index contributed by atoms with van der Waals surface area (Å²) in [6.45, 7) is 5.30. The van der Waals surface area contributed by atoms with Crippen molar-refractivity contribution in [1.82, 2.24) is 9.71 Å². The van der Waals surface area contributed by atoms with Gasteiger partial charge in [0.05, 0.1) is 10.6 Å². The SMILES string of the molecule is Cc1ccc(S(=O)(=O)NC(C)C)cc1C(=O)Nc1nc2c(s1)CCCCC2. The highest BCUT2D eigenvalue weighted by molar-refractivity contribution is 7.89. The van der Waals surface area contributed by atoms with Gasteiger partial charge >= 0.3 is 0 Å². The Labute approximate surface area is 164 Å². The Balaban J connectivity index is 1.83. The Kier molecular flexibility index (Phi) is 5.98. The highest BCUT2D eigenvalue weighted by atomic mass is 32.2. The molecular formula is C19H25N3O3S2. The summed E-state index contributed by atoms with van der Waals surface area (Å²) < 4.78 is 27.3. The Bertz CT molecular complexity index is 926. The largest absolute Gasteiger partial charge is 0.298 e. The third-order valence-corrected chi connectivity index (χ3v) is 7.20. The van der Waals surface area contributed by atoms with Crippen LogP contribution in [0.4, 0.5) is 5.13 Å². The number of carbonyl (C=O) groups is 1. The van der Waals surface area contributed by atoms with Crippen LogP contribution in [-0.4, -0.2) is 25.4 Å². The molecule has 0 atom stereocenters. The van der Waals surface area contributed by atoms with Gasteiger partial charge in [0.2, 0.25) is 10.0 Å². The van der Waals surface area contributed by atoms with Crippen LogP contribution >= 0.6 is 11.3 Å². The molecule has 0 saturated carbocycles. The van der Waals surface area contributed by atoms with Crippen molar-refractivity contribution in [2.75, 3.05) is 5.32 Å². The Morgan fingerprint density at radius 2 is 1.93 bits per heavy atom. The molecule has 1 amide bonds. The van der Waals surface area contributed by atoms with Gasteiger partial charge in [0.25, 0.3) is 5.91 Å². The lowest BCUT2D eigenvalue weighted by atomic mass is 10.1. The molecule has 6 nitrogen and oxygen atoms in total. The second-order valence-corrected chi connectivity index (χ2v) is 9.95. The molecule has 0 unspecified atom stereocenters. The molecule has 3 rings (SSSR count). The minimum atomic E-state index is -3.65. The Morgan fingerprint density at radius 3 is 2.67 bits per heavy atom. The molecule has 1 aliphatic rings. The van der Waals surface area contributed by atoms with Crippen molar-refractivity contribution in [3.05, 3.63) is 39.9 Å². The molecule has 1 aromatic carbocycles. The van der Waals surface area contributed by atoms with E-state index in [4.69, 9.17) is 0 Å². The van der Waals surface area contributed by atoms with E-state index in [1.807, 2.05) is 0 Å². The van der Waals surface area contributed by atoms with Crippen LogP contribution in [0.25, 0.3) is 0 Å². The number of thiazole rings is 1. The maximum absolute atomic E-state index is 12.8. The fourth-order valence-electron chi connectivity index (χ4n) is 3.14. The lowest BCUT2D eigenvalue weighted by molar-refractivity contribution is 0.102. The molecule has 0 aliphatic heterocycles. The lowest BCUT2D eigenvalue weighted by Gasteiger charge is -2.12. The molecule has 0 fully saturated rings. The molecule has 1 aromatic heterocycles. The number of nitrogens with one attached hydrogen (secondary N) is 2. The van der Waals surface area contributed by atoms with Crippen LogP contribution in [0.5, 0.6) is 0 Å². The fraction of sp³-hybridized carbons (Fsp3) is 0.474. The number of rotatable bonds is 5. The van der Waals surface area contributed by atoms with Crippen molar-refractivity contribution in [3.8, 4) is 0 Å². The average molecular weight is 408 g/mol. The van der Waals surface area contributed by atoms with E-state index in [1.54, 1.807) is 26.8 Å². The summed E-state index contributed by atoms with van der Waals surface area (Å²) in [6.07, 6.45) is 5.47. The molecule has 27 heavy (non-hydrogen) atoms. The first kappa shape index (κ1) is 20.0. The minimum Gasteiger partial charge on any atom is -0.298 e.